The molecular weight excluding hydrogens is 322 g/mol. The fourth-order valence-corrected chi connectivity index (χ4v) is 2.35. The fraction of sp³-hybridized carbons (Fsp3) is 0.278. The van der Waals surface area contributed by atoms with Crippen LogP contribution < -0.4 is 5.32 Å². The number of amides is 1. The second-order valence-electron chi connectivity index (χ2n) is 5.42. The first-order valence-corrected chi connectivity index (χ1v) is 7.52. The molecule has 0 aliphatic rings. The molecule has 2 rings (SSSR count). The Hall–Kier alpha value is -2.37. The van der Waals surface area contributed by atoms with E-state index in [1.54, 1.807) is 0 Å². The molecule has 1 amide bonds. The molecule has 0 aliphatic heterocycles. The maximum absolute atomic E-state index is 13.0. The van der Waals surface area contributed by atoms with Gasteiger partial charge in [0.25, 0.3) is 0 Å². The van der Waals surface area contributed by atoms with Gasteiger partial charge in [-0.3, -0.25) is 4.79 Å². The Kier molecular flexibility index (Phi) is 5.95. The number of halogens is 4. The zero-order valence-electron chi connectivity index (χ0n) is 12.9. The summed E-state index contributed by atoms with van der Waals surface area (Å²) in [6.07, 6.45) is -3.11. The summed E-state index contributed by atoms with van der Waals surface area (Å²) in [6, 6.07) is 12.0. The van der Waals surface area contributed by atoms with Crippen molar-refractivity contribution in [2.24, 2.45) is 0 Å². The van der Waals surface area contributed by atoms with Gasteiger partial charge in [0.2, 0.25) is 5.91 Å². The van der Waals surface area contributed by atoms with Gasteiger partial charge >= 0.3 is 6.18 Å². The highest BCUT2D eigenvalue weighted by atomic mass is 19.4. The van der Waals surface area contributed by atoms with E-state index in [-0.39, 0.29) is 24.4 Å². The minimum absolute atomic E-state index is 0.152. The smallest absolute Gasteiger partial charge is 0.352 e. The second-order valence-corrected chi connectivity index (χ2v) is 5.42. The van der Waals surface area contributed by atoms with Gasteiger partial charge in [-0.1, -0.05) is 36.4 Å². The van der Waals surface area contributed by atoms with Gasteiger partial charge in [0, 0.05) is 13.0 Å². The standard InChI is InChI=1S/C18H17F4NO/c19-15-10-9-14(16(11-15)18(20,21)22)12-23-17(24)8-4-7-13-5-2-1-3-6-13/h1-3,5-6,9-11H,4,7-8,12H2,(H,23,24). The van der Waals surface area contributed by atoms with Gasteiger partial charge in [-0.15, -0.1) is 0 Å². The predicted molar refractivity (Wildman–Crippen MR) is 82.6 cm³/mol. The quantitative estimate of drug-likeness (QED) is 0.772. The summed E-state index contributed by atoms with van der Waals surface area (Å²) in [7, 11) is 0. The fourth-order valence-electron chi connectivity index (χ4n) is 2.35. The van der Waals surface area contributed by atoms with E-state index in [1.165, 1.54) is 0 Å². The van der Waals surface area contributed by atoms with Crippen molar-refractivity contribution >= 4 is 5.91 Å². The van der Waals surface area contributed by atoms with Gasteiger partial charge in [0.1, 0.15) is 5.82 Å². The molecule has 0 saturated heterocycles. The van der Waals surface area contributed by atoms with E-state index >= 15 is 0 Å². The number of carbonyl (C=O) groups is 1. The zero-order valence-corrected chi connectivity index (χ0v) is 12.9. The summed E-state index contributed by atoms with van der Waals surface area (Å²) < 4.78 is 51.6. The minimum atomic E-state index is -4.66. The topological polar surface area (TPSA) is 29.1 Å². The molecule has 0 radical (unpaired) electrons. The molecule has 2 nitrogen and oxygen atoms in total. The second kappa shape index (κ2) is 7.95. The predicted octanol–water partition coefficient (Wildman–Crippen LogP) is 4.48. The molecule has 0 spiro atoms. The average Bonchev–Trinajstić information content (AvgIpc) is 2.54. The van der Waals surface area contributed by atoms with E-state index in [2.05, 4.69) is 5.32 Å². The van der Waals surface area contributed by atoms with Gasteiger partial charge in [0.15, 0.2) is 0 Å². The summed E-state index contributed by atoms with van der Waals surface area (Å²) in [6.45, 7) is -0.278. The maximum Gasteiger partial charge on any atom is 0.416 e. The first-order chi connectivity index (χ1) is 11.4. The summed E-state index contributed by atoms with van der Waals surface area (Å²) in [5.41, 5.74) is -0.115. The number of rotatable bonds is 6. The van der Waals surface area contributed by atoms with Crippen molar-refractivity contribution in [3.05, 3.63) is 71.0 Å². The monoisotopic (exact) mass is 339 g/mol. The lowest BCUT2D eigenvalue weighted by Crippen LogP contribution is -2.24. The van der Waals surface area contributed by atoms with Crippen LogP contribution in [0.3, 0.4) is 0 Å². The van der Waals surface area contributed by atoms with Gasteiger partial charge < -0.3 is 5.32 Å². The first-order valence-electron chi connectivity index (χ1n) is 7.52. The Morgan fingerprint density at radius 1 is 1.04 bits per heavy atom. The van der Waals surface area contributed by atoms with E-state index in [1.807, 2.05) is 30.3 Å². The molecule has 1 N–H and O–H groups in total. The van der Waals surface area contributed by atoms with Crippen LogP contribution in [0.4, 0.5) is 17.6 Å². The summed E-state index contributed by atoms with van der Waals surface area (Å²) in [4.78, 5) is 11.8. The van der Waals surface area contributed by atoms with Crippen LogP contribution in [0.25, 0.3) is 0 Å². The van der Waals surface area contributed by atoms with Crippen molar-refractivity contribution in [2.45, 2.75) is 32.0 Å². The highest BCUT2D eigenvalue weighted by Crippen LogP contribution is 2.32. The van der Waals surface area contributed by atoms with Gasteiger partial charge in [-0.05, 0) is 36.1 Å². The molecule has 2 aromatic carbocycles. The van der Waals surface area contributed by atoms with E-state index in [4.69, 9.17) is 0 Å². The zero-order chi connectivity index (χ0) is 17.6. The summed E-state index contributed by atoms with van der Waals surface area (Å²) in [5, 5.41) is 2.46. The molecule has 128 valence electrons. The third-order valence-corrected chi connectivity index (χ3v) is 3.57. The molecule has 0 aliphatic carbocycles. The lowest BCUT2D eigenvalue weighted by Gasteiger charge is -2.13. The highest BCUT2D eigenvalue weighted by Gasteiger charge is 2.33. The van der Waals surface area contributed by atoms with Crippen molar-refractivity contribution in [1.29, 1.82) is 0 Å². The van der Waals surface area contributed by atoms with Crippen LogP contribution in [0.2, 0.25) is 0 Å². The Balaban J connectivity index is 1.86. The number of alkyl halides is 3. The number of aryl methyl sites for hydroxylation is 1. The average molecular weight is 339 g/mol. The molecule has 0 aromatic heterocycles. The number of carbonyl (C=O) groups excluding carboxylic acids is 1. The van der Waals surface area contributed by atoms with Crippen LogP contribution in [0.15, 0.2) is 48.5 Å². The summed E-state index contributed by atoms with van der Waals surface area (Å²) in [5.74, 6) is -1.29. The Labute approximate surface area is 137 Å². The lowest BCUT2D eigenvalue weighted by atomic mass is 10.1. The SMILES string of the molecule is O=C(CCCc1ccccc1)NCc1ccc(F)cc1C(F)(F)F. The van der Waals surface area contributed by atoms with Crippen molar-refractivity contribution in [2.75, 3.05) is 0 Å². The Morgan fingerprint density at radius 2 is 1.75 bits per heavy atom. The van der Waals surface area contributed by atoms with Crippen LogP contribution >= 0.6 is 0 Å². The van der Waals surface area contributed by atoms with Crippen molar-refractivity contribution in [3.8, 4) is 0 Å². The van der Waals surface area contributed by atoms with Crippen molar-refractivity contribution in [1.82, 2.24) is 5.32 Å². The molecule has 0 heterocycles. The van der Waals surface area contributed by atoms with Gasteiger partial charge in [0.05, 0.1) is 5.56 Å². The van der Waals surface area contributed by atoms with Gasteiger partial charge in [-0.2, -0.15) is 13.2 Å². The number of nitrogens with one attached hydrogen (secondary N) is 1. The normalized spacial score (nSPS) is 11.3. The Bertz CT molecular complexity index is 683. The molecule has 0 bridgehead atoms. The van der Waals surface area contributed by atoms with Crippen LogP contribution in [0.1, 0.15) is 29.5 Å². The van der Waals surface area contributed by atoms with Crippen LogP contribution in [-0.2, 0) is 23.9 Å². The van der Waals surface area contributed by atoms with E-state index in [0.29, 0.717) is 12.5 Å². The van der Waals surface area contributed by atoms with Crippen molar-refractivity contribution < 1.29 is 22.4 Å². The number of hydrogen-bond donors (Lipinski definition) is 1. The first kappa shape index (κ1) is 18.0. The molecular formula is C18H17F4NO. The molecule has 2 aromatic rings. The van der Waals surface area contributed by atoms with E-state index < -0.39 is 17.6 Å². The molecule has 0 atom stereocenters. The molecule has 0 unspecified atom stereocenters. The van der Waals surface area contributed by atoms with Crippen LogP contribution in [0.5, 0.6) is 0 Å². The van der Waals surface area contributed by atoms with Crippen LogP contribution in [-0.4, -0.2) is 5.91 Å². The maximum atomic E-state index is 13.0. The minimum Gasteiger partial charge on any atom is -0.352 e. The largest absolute Gasteiger partial charge is 0.416 e. The third kappa shape index (κ3) is 5.37. The lowest BCUT2D eigenvalue weighted by molar-refractivity contribution is -0.138. The molecule has 0 fully saturated rings. The number of benzene rings is 2. The van der Waals surface area contributed by atoms with Crippen LogP contribution in [0, 0.1) is 5.82 Å². The summed E-state index contributed by atoms with van der Waals surface area (Å²) >= 11 is 0. The van der Waals surface area contributed by atoms with Gasteiger partial charge in [-0.25, -0.2) is 4.39 Å². The molecule has 6 heteroatoms. The van der Waals surface area contributed by atoms with E-state index in [9.17, 15) is 22.4 Å². The van der Waals surface area contributed by atoms with E-state index in [0.717, 1.165) is 24.1 Å². The Morgan fingerprint density at radius 3 is 2.42 bits per heavy atom. The molecule has 0 saturated carbocycles. The number of hydrogen-bond acceptors (Lipinski definition) is 1. The highest BCUT2D eigenvalue weighted by molar-refractivity contribution is 5.75. The third-order valence-electron chi connectivity index (χ3n) is 3.57. The molecule has 24 heavy (non-hydrogen) atoms. The van der Waals surface area contributed by atoms with Crippen molar-refractivity contribution in [3.63, 3.8) is 0 Å².